The minimum atomic E-state index is -2.07. The van der Waals surface area contributed by atoms with Gasteiger partial charge in [0.25, 0.3) is 0 Å². The van der Waals surface area contributed by atoms with Gasteiger partial charge in [-0.2, -0.15) is 0 Å². The molecule has 2 aliphatic rings. The van der Waals surface area contributed by atoms with Crippen molar-refractivity contribution in [3.05, 3.63) is 174 Å². The van der Waals surface area contributed by atoms with Crippen LogP contribution in [-0.4, -0.2) is 14.8 Å². The Labute approximate surface area is 267 Å². The molecule has 0 radical (unpaired) electrons. The topological polar surface area (TPSA) is 22.9 Å². The fourth-order valence-electron chi connectivity index (χ4n) is 7.90. The summed E-state index contributed by atoms with van der Waals surface area (Å²) in [6.45, 7) is 5.89. The predicted molar refractivity (Wildman–Crippen MR) is 188 cm³/mol. The molecule has 0 amide bonds. The van der Waals surface area contributed by atoms with Crippen LogP contribution in [0.1, 0.15) is 28.3 Å². The molecule has 2 unspecified atom stereocenters. The van der Waals surface area contributed by atoms with E-state index in [2.05, 4.69) is 171 Å². The molecule has 0 spiro atoms. The summed E-state index contributed by atoms with van der Waals surface area (Å²) in [5.41, 5.74) is 5.01. The van der Waals surface area contributed by atoms with Crippen molar-refractivity contribution in [2.75, 3.05) is 0 Å². The van der Waals surface area contributed by atoms with E-state index in [-0.39, 0.29) is 6.04 Å². The van der Waals surface area contributed by atoms with E-state index in [9.17, 15) is 0 Å². The lowest BCUT2D eigenvalue weighted by Crippen LogP contribution is -3.24. The molecular formula is C40H38BNO2Si. The van der Waals surface area contributed by atoms with Crippen LogP contribution >= 0.6 is 0 Å². The first-order valence-corrected chi connectivity index (χ1v) is 19.6. The predicted octanol–water partition coefficient (Wildman–Crippen LogP) is 6.72. The summed E-state index contributed by atoms with van der Waals surface area (Å²) in [7, 11) is -1.51. The van der Waals surface area contributed by atoms with Crippen molar-refractivity contribution in [3.63, 3.8) is 0 Å². The van der Waals surface area contributed by atoms with Crippen LogP contribution in [0.4, 0.5) is 0 Å². The lowest BCUT2D eigenvalue weighted by molar-refractivity contribution is -0.850. The highest BCUT2D eigenvalue weighted by molar-refractivity contribution is 6.88. The van der Waals surface area contributed by atoms with E-state index in [1.807, 2.05) is 0 Å². The average molecular weight is 604 g/mol. The quantitative estimate of drug-likeness (QED) is 0.221. The van der Waals surface area contributed by atoms with Crippen LogP contribution in [0.5, 0.6) is 5.75 Å². The zero-order valence-corrected chi connectivity index (χ0v) is 27.1. The Hall–Kier alpha value is -4.42. The maximum Gasteiger partial charge on any atom is 0.556 e. The summed E-state index contributed by atoms with van der Waals surface area (Å²) in [4.78, 5) is 1.29. The normalized spacial score (nSPS) is 21.9. The van der Waals surface area contributed by atoms with Crippen LogP contribution in [0, 0.1) is 0 Å². The van der Waals surface area contributed by atoms with Crippen LogP contribution in [0.15, 0.2) is 152 Å². The van der Waals surface area contributed by atoms with E-state index >= 15 is 0 Å². The fraction of sp³-hybridized carbons (Fsp3) is 0.150. The molecule has 1 saturated heterocycles. The summed E-state index contributed by atoms with van der Waals surface area (Å²) in [5, 5.41) is 3.90. The minimum absolute atomic E-state index is 0.0905. The summed E-state index contributed by atoms with van der Waals surface area (Å²) in [6.07, 6.45) is 0. The van der Waals surface area contributed by atoms with Crippen molar-refractivity contribution in [3.8, 4) is 5.75 Å². The van der Waals surface area contributed by atoms with Crippen molar-refractivity contribution in [2.24, 2.45) is 0 Å². The number of rotatable bonds is 5. The number of hydrogen-bond acceptors (Lipinski definition) is 2. The van der Waals surface area contributed by atoms with Gasteiger partial charge >= 0.3 is 6.69 Å². The summed E-state index contributed by atoms with van der Waals surface area (Å²) in [5.74, 6) is 0.912. The SMILES string of the molecule is C[Si](C)(C)c1ccc([B-]23Oc4ccc5ccccc5c4C[NH+]2[C@H](c2ccccc2)C(c2ccccc2)(c2ccccc2)O3)cc1. The Morgan fingerprint density at radius 1 is 0.644 bits per heavy atom. The van der Waals surface area contributed by atoms with Gasteiger partial charge < -0.3 is 14.1 Å². The number of quaternary nitrogens is 1. The van der Waals surface area contributed by atoms with E-state index in [4.69, 9.17) is 9.31 Å². The minimum Gasteiger partial charge on any atom is -0.637 e. The number of fused-ring (bicyclic) bond motifs is 4. The first-order chi connectivity index (χ1) is 21.9. The van der Waals surface area contributed by atoms with Gasteiger partial charge in [0.2, 0.25) is 0 Å². The molecule has 0 aromatic heterocycles. The van der Waals surface area contributed by atoms with Gasteiger partial charge in [-0.1, -0.05) is 176 Å². The maximum atomic E-state index is 7.87. The second-order valence-electron chi connectivity index (χ2n) is 13.6. The fourth-order valence-corrected chi connectivity index (χ4v) is 9.07. The standard InChI is InChI=1S/C40H38BNO2Si/c1-45(2,3)35-26-24-34(25-27-35)41-42(29-37-36-22-14-13-15-30(36)23-28-38(37)43-41)39(31-16-7-4-8-17-31)40(44-41,32-18-9-5-10-19-32)33-20-11-6-12-21-33/h4-28,39,42H,29H2,1-3H3/t39-,41?/m1/s1. The van der Waals surface area contributed by atoms with Gasteiger partial charge in [-0.15, -0.1) is 0 Å². The third kappa shape index (κ3) is 4.41. The highest BCUT2D eigenvalue weighted by atomic mass is 28.3. The van der Waals surface area contributed by atoms with Gasteiger partial charge in [-0.3, -0.25) is 0 Å². The number of hydrogen-bond donors (Lipinski definition) is 1. The van der Waals surface area contributed by atoms with Crippen molar-refractivity contribution in [1.82, 2.24) is 0 Å². The highest BCUT2D eigenvalue weighted by Gasteiger charge is 2.67. The highest BCUT2D eigenvalue weighted by Crippen LogP contribution is 2.50. The van der Waals surface area contributed by atoms with Crippen molar-refractivity contribution in [1.29, 1.82) is 0 Å². The largest absolute Gasteiger partial charge is 0.637 e. The van der Waals surface area contributed by atoms with Crippen LogP contribution in [0.2, 0.25) is 19.6 Å². The second kappa shape index (κ2) is 10.6. The third-order valence-corrected chi connectivity index (χ3v) is 12.1. The first kappa shape index (κ1) is 28.1. The Morgan fingerprint density at radius 2 is 1.22 bits per heavy atom. The zero-order valence-electron chi connectivity index (χ0n) is 26.1. The molecule has 1 fully saturated rings. The van der Waals surface area contributed by atoms with Gasteiger partial charge in [0.1, 0.15) is 11.6 Å². The molecular weight excluding hydrogens is 565 g/mol. The van der Waals surface area contributed by atoms with Crippen LogP contribution < -0.4 is 20.1 Å². The molecule has 5 heteroatoms. The van der Waals surface area contributed by atoms with E-state index in [1.54, 1.807) is 0 Å². The average Bonchev–Trinajstić information content (AvgIpc) is 3.40. The Bertz CT molecular complexity index is 1940. The van der Waals surface area contributed by atoms with Gasteiger partial charge in [0.15, 0.2) is 0 Å². The molecule has 45 heavy (non-hydrogen) atoms. The maximum absolute atomic E-state index is 7.87. The summed E-state index contributed by atoms with van der Waals surface area (Å²) < 4.78 is 15.3. The first-order valence-electron chi connectivity index (χ1n) is 16.1. The Balaban J connectivity index is 1.45. The van der Waals surface area contributed by atoms with Crippen molar-refractivity contribution >= 4 is 36.2 Å². The molecule has 222 valence electrons. The molecule has 3 nitrogen and oxygen atoms in total. The molecule has 0 bridgehead atoms. The van der Waals surface area contributed by atoms with Gasteiger partial charge in [0, 0.05) is 11.1 Å². The van der Waals surface area contributed by atoms with E-state index in [0.29, 0.717) is 0 Å². The van der Waals surface area contributed by atoms with Crippen LogP contribution in [0.25, 0.3) is 10.8 Å². The lowest BCUT2D eigenvalue weighted by atomic mass is 9.60. The summed E-state index contributed by atoms with van der Waals surface area (Å²) in [6, 6.07) is 54.6. The number of nitrogens with one attached hydrogen (secondary N) is 1. The number of benzene rings is 6. The van der Waals surface area contributed by atoms with Crippen molar-refractivity contribution in [2.45, 2.75) is 37.8 Å². The lowest BCUT2D eigenvalue weighted by Gasteiger charge is -2.46. The molecule has 2 heterocycles. The molecule has 1 N–H and O–H groups in total. The van der Waals surface area contributed by atoms with E-state index in [1.165, 1.54) is 31.9 Å². The van der Waals surface area contributed by atoms with Gasteiger partial charge in [-0.05, 0) is 28.0 Å². The van der Waals surface area contributed by atoms with Gasteiger partial charge in [-0.25, -0.2) is 0 Å². The molecule has 6 aromatic carbocycles. The molecule has 8 rings (SSSR count). The monoisotopic (exact) mass is 603 g/mol. The third-order valence-electron chi connectivity index (χ3n) is 10.0. The zero-order chi connectivity index (χ0) is 30.6. The van der Waals surface area contributed by atoms with E-state index < -0.39 is 20.4 Å². The van der Waals surface area contributed by atoms with Crippen LogP contribution in [0.3, 0.4) is 0 Å². The van der Waals surface area contributed by atoms with Gasteiger partial charge in [0.05, 0.1) is 20.4 Å². The van der Waals surface area contributed by atoms with Crippen molar-refractivity contribution < 1.29 is 14.1 Å². The van der Waals surface area contributed by atoms with Crippen LogP contribution in [-0.2, 0) is 16.8 Å². The second-order valence-corrected chi connectivity index (χ2v) is 18.7. The molecule has 2 aliphatic heterocycles. The molecule has 6 aromatic rings. The molecule has 0 aliphatic carbocycles. The summed E-state index contributed by atoms with van der Waals surface area (Å²) >= 11 is 0. The smallest absolute Gasteiger partial charge is 0.556 e. The Kier molecular flexibility index (Phi) is 6.61. The molecule has 3 atom stereocenters. The molecule has 0 saturated carbocycles. The van der Waals surface area contributed by atoms with E-state index in [0.717, 1.165) is 28.9 Å². The Morgan fingerprint density at radius 3 is 1.84 bits per heavy atom.